The Morgan fingerprint density at radius 2 is 1.75 bits per heavy atom. The zero-order valence-corrected chi connectivity index (χ0v) is 9.47. The molecule has 0 bridgehead atoms. The maximum absolute atomic E-state index is 10.8. The molecule has 0 saturated heterocycles. The lowest BCUT2D eigenvalue weighted by Gasteiger charge is -1.97. The predicted octanol–water partition coefficient (Wildman–Crippen LogP) is 2.17. The van der Waals surface area contributed by atoms with E-state index in [0.717, 1.165) is 6.20 Å². The lowest BCUT2D eigenvalue weighted by molar-refractivity contribution is -0.120. The van der Waals surface area contributed by atoms with Gasteiger partial charge in [0.05, 0.1) is 12.4 Å². The molecule has 0 unspecified atom stereocenters. The minimum absolute atomic E-state index is 0.0308. The molecule has 90 valence electrons. The standard InChI is InChI=1S/C10H17N3O3/c1-3-8(14)6-12-13-7-9(15)4-5-10(16)11-2/h6-7,14-15H,3-5H2,1-2H3,(H,11,16). The molecule has 0 spiro atoms. The molecule has 0 saturated carbocycles. The van der Waals surface area contributed by atoms with E-state index in [2.05, 4.69) is 15.5 Å². The first-order valence-corrected chi connectivity index (χ1v) is 4.96. The Balaban J connectivity index is 4.00. The fourth-order valence-corrected chi connectivity index (χ4v) is 0.722. The van der Waals surface area contributed by atoms with Crippen LogP contribution >= 0.6 is 0 Å². The van der Waals surface area contributed by atoms with E-state index in [1.165, 1.54) is 13.2 Å². The highest BCUT2D eigenvalue weighted by Gasteiger charge is 1.99. The van der Waals surface area contributed by atoms with Gasteiger partial charge in [-0.1, -0.05) is 6.92 Å². The van der Waals surface area contributed by atoms with Gasteiger partial charge in [0.25, 0.3) is 0 Å². The summed E-state index contributed by atoms with van der Waals surface area (Å²) in [5.41, 5.74) is 0. The van der Waals surface area contributed by atoms with Crippen molar-refractivity contribution >= 4 is 5.91 Å². The number of aliphatic hydroxyl groups is 2. The Labute approximate surface area is 94.4 Å². The second kappa shape index (κ2) is 8.46. The van der Waals surface area contributed by atoms with E-state index >= 15 is 0 Å². The molecule has 0 aromatic rings. The molecule has 16 heavy (non-hydrogen) atoms. The van der Waals surface area contributed by atoms with Gasteiger partial charge in [0.15, 0.2) is 0 Å². The Morgan fingerprint density at radius 1 is 1.19 bits per heavy atom. The predicted molar refractivity (Wildman–Crippen MR) is 59.9 cm³/mol. The topological polar surface area (TPSA) is 94.3 Å². The van der Waals surface area contributed by atoms with Gasteiger partial charge in [0, 0.05) is 26.3 Å². The molecule has 3 N–H and O–H groups in total. The summed E-state index contributed by atoms with van der Waals surface area (Å²) in [6.45, 7) is 1.78. The average Bonchev–Trinajstić information content (AvgIpc) is 2.31. The molecular formula is C10H17N3O3. The largest absolute Gasteiger partial charge is 0.511 e. The highest BCUT2D eigenvalue weighted by molar-refractivity contribution is 5.75. The van der Waals surface area contributed by atoms with Crippen molar-refractivity contribution in [3.05, 3.63) is 23.9 Å². The van der Waals surface area contributed by atoms with Crippen LogP contribution in [0.3, 0.4) is 0 Å². The van der Waals surface area contributed by atoms with Crippen LogP contribution in [0.1, 0.15) is 26.2 Å². The molecule has 0 rings (SSSR count). The van der Waals surface area contributed by atoms with E-state index in [-0.39, 0.29) is 30.3 Å². The summed E-state index contributed by atoms with van der Waals surface area (Å²) in [6.07, 6.45) is 3.23. The SMILES string of the molecule is CCC(O)=CN=NC=C(O)CCC(=O)NC. The van der Waals surface area contributed by atoms with Crippen LogP contribution in [0, 0.1) is 0 Å². The van der Waals surface area contributed by atoms with E-state index in [4.69, 9.17) is 5.11 Å². The molecular weight excluding hydrogens is 210 g/mol. The molecule has 1 amide bonds. The van der Waals surface area contributed by atoms with E-state index in [1.807, 2.05) is 0 Å². The third kappa shape index (κ3) is 7.54. The first kappa shape index (κ1) is 14.2. The minimum Gasteiger partial charge on any atom is -0.511 e. The van der Waals surface area contributed by atoms with Gasteiger partial charge in [0.1, 0.15) is 11.5 Å². The van der Waals surface area contributed by atoms with Crippen molar-refractivity contribution in [3.8, 4) is 0 Å². The summed E-state index contributed by atoms with van der Waals surface area (Å²) in [7, 11) is 1.53. The fourth-order valence-electron chi connectivity index (χ4n) is 0.722. The molecule has 6 heteroatoms. The summed E-state index contributed by atoms with van der Waals surface area (Å²) in [6, 6.07) is 0. The van der Waals surface area contributed by atoms with E-state index in [1.54, 1.807) is 6.92 Å². The molecule has 0 aliphatic carbocycles. The lowest BCUT2D eigenvalue weighted by atomic mass is 10.2. The number of allylic oxidation sites excluding steroid dienone is 2. The second-order valence-electron chi connectivity index (χ2n) is 3.00. The summed E-state index contributed by atoms with van der Waals surface area (Å²) < 4.78 is 0. The highest BCUT2D eigenvalue weighted by atomic mass is 16.3. The van der Waals surface area contributed by atoms with Gasteiger partial charge in [-0.3, -0.25) is 4.79 Å². The first-order chi connectivity index (χ1) is 7.60. The molecule has 6 nitrogen and oxygen atoms in total. The molecule has 0 heterocycles. The Hall–Kier alpha value is -1.85. The number of azo groups is 1. The summed E-state index contributed by atoms with van der Waals surface area (Å²) in [5, 5.41) is 27.7. The molecule has 0 aromatic heterocycles. The van der Waals surface area contributed by atoms with Crippen LogP contribution in [0.2, 0.25) is 0 Å². The number of hydrogen-bond donors (Lipinski definition) is 3. The van der Waals surface area contributed by atoms with Gasteiger partial charge in [-0.15, -0.1) is 0 Å². The Morgan fingerprint density at radius 3 is 2.25 bits per heavy atom. The Bertz CT molecular complexity index is 308. The zero-order chi connectivity index (χ0) is 12.4. The van der Waals surface area contributed by atoms with Gasteiger partial charge >= 0.3 is 0 Å². The molecule has 0 aromatic carbocycles. The smallest absolute Gasteiger partial charge is 0.220 e. The monoisotopic (exact) mass is 227 g/mol. The third-order valence-electron chi connectivity index (χ3n) is 1.73. The maximum atomic E-state index is 10.8. The number of aliphatic hydroxyl groups excluding tert-OH is 2. The van der Waals surface area contributed by atoms with Crippen molar-refractivity contribution < 1.29 is 15.0 Å². The number of nitrogens with zero attached hydrogens (tertiary/aromatic N) is 2. The summed E-state index contributed by atoms with van der Waals surface area (Å²) >= 11 is 0. The zero-order valence-electron chi connectivity index (χ0n) is 9.47. The molecule has 0 aliphatic rings. The van der Waals surface area contributed by atoms with Crippen molar-refractivity contribution in [2.45, 2.75) is 26.2 Å². The van der Waals surface area contributed by atoms with E-state index in [0.29, 0.717) is 6.42 Å². The van der Waals surface area contributed by atoms with Crippen molar-refractivity contribution in [2.24, 2.45) is 10.2 Å². The highest BCUT2D eigenvalue weighted by Crippen LogP contribution is 2.02. The van der Waals surface area contributed by atoms with Gasteiger partial charge in [-0.05, 0) is 0 Å². The van der Waals surface area contributed by atoms with E-state index in [9.17, 15) is 9.90 Å². The quantitative estimate of drug-likeness (QED) is 0.479. The summed E-state index contributed by atoms with van der Waals surface area (Å²) in [4.78, 5) is 10.8. The van der Waals surface area contributed by atoms with Crippen molar-refractivity contribution in [3.63, 3.8) is 0 Å². The summed E-state index contributed by atoms with van der Waals surface area (Å²) in [5.74, 6) is -0.0702. The normalized spacial score (nSPS) is 13.1. The number of rotatable bonds is 6. The van der Waals surface area contributed by atoms with Crippen LogP contribution in [0.25, 0.3) is 0 Å². The van der Waals surface area contributed by atoms with Gasteiger partial charge in [-0.25, -0.2) is 0 Å². The number of nitrogens with one attached hydrogen (secondary N) is 1. The Kier molecular flexibility index (Phi) is 7.48. The average molecular weight is 227 g/mol. The van der Waals surface area contributed by atoms with Crippen LogP contribution in [0.15, 0.2) is 34.1 Å². The van der Waals surface area contributed by atoms with Crippen LogP contribution in [0.5, 0.6) is 0 Å². The fraction of sp³-hybridized carbons (Fsp3) is 0.500. The number of amides is 1. The second-order valence-corrected chi connectivity index (χ2v) is 3.00. The van der Waals surface area contributed by atoms with Crippen molar-refractivity contribution in [2.75, 3.05) is 7.05 Å². The molecule has 0 radical (unpaired) electrons. The van der Waals surface area contributed by atoms with E-state index < -0.39 is 0 Å². The van der Waals surface area contributed by atoms with Crippen LogP contribution in [-0.2, 0) is 4.79 Å². The number of carbonyl (C=O) groups is 1. The van der Waals surface area contributed by atoms with Crippen LogP contribution < -0.4 is 5.32 Å². The van der Waals surface area contributed by atoms with Gasteiger partial charge in [-0.2, -0.15) is 10.2 Å². The van der Waals surface area contributed by atoms with Gasteiger partial charge < -0.3 is 15.5 Å². The van der Waals surface area contributed by atoms with Crippen molar-refractivity contribution in [1.82, 2.24) is 5.32 Å². The van der Waals surface area contributed by atoms with Crippen LogP contribution in [-0.4, -0.2) is 23.2 Å². The van der Waals surface area contributed by atoms with Gasteiger partial charge in [0.2, 0.25) is 5.91 Å². The van der Waals surface area contributed by atoms with Crippen LogP contribution in [0.4, 0.5) is 0 Å². The maximum Gasteiger partial charge on any atom is 0.220 e. The molecule has 0 fully saturated rings. The number of carbonyl (C=O) groups excluding carboxylic acids is 1. The molecule has 0 atom stereocenters. The first-order valence-electron chi connectivity index (χ1n) is 4.96. The minimum atomic E-state index is -0.152. The van der Waals surface area contributed by atoms with Crippen molar-refractivity contribution in [1.29, 1.82) is 0 Å². The number of hydrogen-bond acceptors (Lipinski definition) is 5. The lowest BCUT2D eigenvalue weighted by Crippen LogP contribution is -2.17. The molecule has 0 aliphatic heterocycles. The third-order valence-corrected chi connectivity index (χ3v) is 1.73.